The lowest BCUT2D eigenvalue weighted by atomic mass is 10.6. The van der Waals surface area contributed by atoms with E-state index in [1.54, 1.807) is 30.1 Å². The van der Waals surface area contributed by atoms with E-state index in [0.717, 1.165) is 0 Å². The van der Waals surface area contributed by atoms with Crippen molar-refractivity contribution in [2.45, 2.75) is 6.54 Å². The standard InChI is InChI=1S/C10H16N4O2/c1-3-5-11-10(15)12-9-4-6-14(13-9)7-8-16-2/h3-4,6H,1,5,7-8H2,2H3,(H2,11,12,13,15). The predicted octanol–water partition coefficient (Wildman–Crippen LogP) is 0.837. The lowest BCUT2D eigenvalue weighted by Gasteiger charge is -2.02. The zero-order chi connectivity index (χ0) is 11.8. The number of amides is 2. The average molecular weight is 224 g/mol. The number of rotatable bonds is 6. The van der Waals surface area contributed by atoms with Crippen molar-refractivity contribution in [3.05, 3.63) is 24.9 Å². The number of methoxy groups -OCH3 is 1. The maximum atomic E-state index is 11.3. The van der Waals surface area contributed by atoms with Gasteiger partial charge in [0.05, 0.1) is 13.2 Å². The first-order chi connectivity index (χ1) is 7.76. The molecule has 0 aliphatic rings. The summed E-state index contributed by atoms with van der Waals surface area (Å²) in [5, 5.41) is 9.33. The van der Waals surface area contributed by atoms with Gasteiger partial charge in [-0.3, -0.25) is 10.00 Å². The number of urea groups is 1. The molecule has 0 saturated heterocycles. The van der Waals surface area contributed by atoms with Crippen LogP contribution in [0.3, 0.4) is 0 Å². The van der Waals surface area contributed by atoms with E-state index in [4.69, 9.17) is 4.74 Å². The van der Waals surface area contributed by atoms with Crippen LogP contribution in [0.15, 0.2) is 24.9 Å². The van der Waals surface area contributed by atoms with E-state index in [1.807, 2.05) is 0 Å². The minimum absolute atomic E-state index is 0.295. The largest absolute Gasteiger partial charge is 0.383 e. The molecule has 0 atom stereocenters. The van der Waals surface area contributed by atoms with Gasteiger partial charge in [0.1, 0.15) is 0 Å². The third-order valence-electron chi connectivity index (χ3n) is 1.81. The molecule has 0 spiro atoms. The number of carbonyl (C=O) groups excluding carboxylic acids is 1. The van der Waals surface area contributed by atoms with E-state index in [0.29, 0.717) is 25.5 Å². The zero-order valence-electron chi connectivity index (χ0n) is 9.27. The smallest absolute Gasteiger partial charge is 0.320 e. The van der Waals surface area contributed by atoms with Crippen LogP contribution < -0.4 is 10.6 Å². The first kappa shape index (κ1) is 12.3. The number of anilines is 1. The number of ether oxygens (including phenoxy) is 1. The zero-order valence-corrected chi connectivity index (χ0v) is 9.27. The van der Waals surface area contributed by atoms with Crippen LogP contribution in [0.1, 0.15) is 0 Å². The Hall–Kier alpha value is -1.82. The highest BCUT2D eigenvalue weighted by Crippen LogP contribution is 2.01. The molecule has 1 aromatic heterocycles. The second kappa shape index (κ2) is 6.62. The molecule has 0 aromatic carbocycles. The molecule has 1 aromatic rings. The fourth-order valence-electron chi connectivity index (χ4n) is 1.06. The molecular formula is C10H16N4O2. The van der Waals surface area contributed by atoms with Crippen molar-refractivity contribution in [3.63, 3.8) is 0 Å². The monoisotopic (exact) mass is 224 g/mol. The third kappa shape index (κ3) is 4.14. The van der Waals surface area contributed by atoms with Crippen molar-refractivity contribution in [1.82, 2.24) is 15.1 Å². The summed E-state index contributed by atoms with van der Waals surface area (Å²) in [6, 6.07) is 1.43. The quantitative estimate of drug-likeness (QED) is 0.703. The van der Waals surface area contributed by atoms with Crippen LogP contribution >= 0.6 is 0 Å². The molecule has 6 nitrogen and oxygen atoms in total. The highest BCUT2D eigenvalue weighted by molar-refractivity contribution is 5.88. The van der Waals surface area contributed by atoms with Crippen LogP contribution in [0.25, 0.3) is 0 Å². The normalized spacial score (nSPS) is 9.81. The highest BCUT2D eigenvalue weighted by Gasteiger charge is 2.02. The third-order valence-corrected chi connectivity index (χ3v) is 1.81. The van der Waals surface area contributed by atoms with Gasteiger partial charge in [0.2, 0.25) is 0 Å². The van der Waals surface area contributed by atoms with Gasteiger partial charge in [-0.2, -0.15) is 5.10 Å². The van der Waals surface area contributed by atoms with Gasteiger partial charge in [-0.25, -0.2) is 4.79 Å². The predicted molar refractivity (Wildman–Crippen MR) is 61.3 cm³/mol. The number of hydrogen-bond donors (Lipinski definition) is 2. The highest BCUT2D eigenvalue weighted by atomic mass is 16.5. The Morgan fingerprint density at radius 1 is 1.75 bits per heavy atom. The molecular weight excluding hydrogens is 208 g/mol. The minimum atomic E-state index is -0.295. The Labute approximate surface area is 94.3 Å². The summed E-state index contributed by atoms with van der Waals surface area (Å²) < 4.78 is 6.62. The first-order valence-electron chi connectivity index (χ1n) is 4.94. The van der Waals surface area contributed by atoms with Crippen LogP contribution in [0.2, 0.25) is 0 Å². The molecule has 2 N–H and O–H groups in total. The number of nitrogens with zero attached hydrogens (tertiary/aromatic N) is 2. The van der Waals surface area contributed by atoms with Crippen molar-refractivity contribution in [2.24, 2.45) is 0 Å². The molecule has 16 heavy (non-hydrogen) atoms. The summed E-state index contributed by atoms with van der Waals surface area (Å²) in [6.45, 7) is 5.17. The Bertz CT molecular complexity index is 348. The molecule has 0 fully saturated rings. The van der Waals surface area contributed by atoms with Gasteiger partial charge in [-0.15, -0.1) is 6.58 Å². The number of nitrogens with one attached hydrogen (secondary N) is 2. The van der Waals surface area contributed by atoms with Crippen LogP contribution in [-0.2, 0) is 11.3 Å². The Morgan fingerprint density at radius 3 is 3.25 bits per heavy atom. The van der Waals surface area contributed by atoms with Crippen molar-refractivity contribution < 1.29 is 9.53 Å². The lowest BCUT2D eigenvalue weighted by molar-refractivity contribution is 0.183. The maximum absolute atomic E-state index is 11.3. The van der Waals surface area contributed by atoms with E-state index in [2.05, 4.69) is 22.3 Å². The van der Waals surface area contributed by atoms with E-state index in [-0.39, 0.29) is 6.03 Å². The van der Waals surface area contributed by atoms with Crippen molar-refractivity contribution >= 4 is 11.8 Å². The van der Waals surface area contributed by atoms with E-state index >= 15 is 0 Å². The molecule has 88 valence electrons. The fourth-order valence-corrected chi connectivity index (χ4v) is 1.06. The Kier molecular flexibility index (Phi) is 5.07. The van der Waals surface area contributed by atoms with Crippen molar-refractivity contribution in [3.8, 4) is 0 Å². The van der Waals surface area contributed by atoms with Gasteiger partial charge in [-0.1, -0.05) is 6.08 Å². The van der Waals surface area contributed by atoms with Gasteiger partial charge in [-0.05, 0) is 0 Å². The van der Waals surface area contributed by atoms with E-state index in [1.165, 1.54) is 0 Å². The summed E-state index contributed by atoms with van der Waals surface area (Å²) >= 11 is 0. The molecule has 0 bridgehead atoms. The van der Waals surface area contributed by atoms with Crippen LogP contribution in [0.5, 0.6) is 0 Å². The molecule has 0 unspecified atom stereocenters. The van der Waals surface area contributed by atoms with Crippen LogP contribution in [0, 0.1) is 0 Å². The number of aromatic nitrogens is 2. The molecule has 0 radical (unpaired) electrons. The molecule has 1 heterocycles. The summed E-state index contributed by atoms with van der Waals surface area (Å²) in [5.41, 5.74) is 0. The van der Waals surface area contributed by atoms with E-state index in [9.17, 15) is 4.79 Å². The summed E-state index contributed by atoms with van der Waals surface area (Å²) in [5.74, 6) is 0.512. The lowest BCUT2D eigenvalue weighted by Crippen LogP contribution is -2.28. The van der Waals surface area contributed by atoms with E-state index < -0.39 is 0 Å². The molecule has 2 amide bonds. The molecule has 0 saturated carbocycles. The maximum Gasteiger partial charge on any atom is 0.320 e. The Balaban J connectivity index is 2.39. The van der Waals surface area contributed by atoms with Gasteiger partial charge in [0.15, 0.2) is 5.82 Å². The summed E-state index contributed by atoms with van der Waals surface area (Å²) in [6.07, 6.45) is 3.39. The number of hydrogen-bond acceptors (Lipinski definition) is 3. The van der Waals surface area contributed by atoms with Gasteiger partial charge >= 0.3 is 6.03 Å². The number of carbonyl (C=O) groups is 1. The SMILES string of the molecule is C=CCNC(=O)Nc1ccn(CCOC)n1. The minimum Gasteiger partial charge on any atom is -0.383 e. The van der Waals surface area contributed by atoms with Crippen molar-refractivity contribution in [1.29, 1.82) is 0 Å². The molecule has 6 heteroatoms. The van der Waals surface area contributed by atoms with Gasteiger partial charge in [0.25, 0.3) is 0 Å². The second-order valence-corrected chi connectivity index (χ2v) is 3.08. The Morgan fingerprint density at radius 2 is 2.56 bits per heavy atom. The van der Waals surface area contributed by atoms with Crippen molar-refractivity contribution in [2.75, 3.05) is 25.6 Å². The summed E-state index contributed by atoms with van der Waals surface area (Å²) in [4.78, 5) is 11.3. The molecule has 1 rings (SSSR count). The van der Waals surface area contributed by atoms with Gasteiger partial charge < -0.3 is 10.1 Å². The first-order valence-corrected chi connectivity index (χ1v) is 4.94. The molecule has 0 aliphatic carbocycles. The summed E-state index contributed by atoms with van der Waals surface area (Å²) in [7, 11) is 1.63. The van der Waals surface area contributed by atoms with Gasteiger partial charge in [0, 0.05) is 25.9 Å². The fraction of sp³-hybridized carbons (Fsp3) is 0.400. The second-order valence-electron chi connectivity index (χ2n) is 3.08. The van der Waals surface area contributed by atoms with Crippen LogP contribution in [0.4, 0.5) is 10.6 Å². The molecule has 0 aliphatic heterocycles. The van der Waals surface area contributed by atoms with Crippen LogP contribution in [-0.4, -0.2) is 36.1 Å². The topological polar surface area (TPSA) is 68.2 Å². The average Bonchev–Trinajstić information content (AvgIpc) is 2.71.